The summed E-state index contributed by atoms with van der Waals surface area (Å²) in [6.07, 6.45) is 6.01. The Kier molecular flexibility index (Phi) is 8.38. The smallest absolute Gasteiger partial charge is 0.395 e. The highest BCUT2D eigenvalue weighted by Crippen LogP contribution is 2.49. The second-order valence-electron chi connectivity index (χ2n) is 6.42. The van der Waals surface area contributed by atoms with Crippen LogP contribution >= 0.6 is 7.82 Å². The van der Waals surface area contributed by atoms with Crippen LogP contribution in [0.2, 0.25) is 0 Å². The summed E-state index contributed by atoms with van der Waals surface area (Å²) >= 11 is 0. The zero-order valence-electron chi connectivity index (χ0n) is 16.1. The molecule has 0 heterocycles. The molecule has 0 N–H and O–H groups in total. The van der Waals surface area contributed by atoms with Gasteiger partial charge in [-0.15, -0.1) is 0 Å². The van der Waals surface area contributed by atoms with E-state index in [0.29, 0.717) is 11.5 Å². The summed E-state index contributed by atoms with van der Waals surface area (Å²) in [5.41, 5.74) is 2.47. The van der Waals surface area contributed by atoms with Crippen LogP contribution in [-0.2, 0) is 9.09 Å². The van der Waals surface area contributed by atoms with Gasteiger partial charge in [-0.25, -0.2) is 4.57 Å². The molecule has 0 aliphatic rings. The Bertz CT molecular complexity index is 748. The number of hydrogen-bond acceptors (Lipinski definition) is 4. The first-order valence-electron chi connectivity index (χ1n) is 9.00. The molecule has 0 spiro atoms. The monoisotopic (exact) mass is 386 g/mol. The van der Waals surface area contributed by atoms with Gasteiger partial charge in [-0.05, 0) is 57.9 Å². The molecule has 0 fully saturated rings. The van der Waals surface area contributed by atoms with Gasteiger partial charge < -0.3 is 9.05 Å². The van der Waals surface area contributed by atoms with E-state index >= 15 is 0 Å². The van der Waals surface area contributed by atoms with Crippen molar-refractivity contribution in [2.45, 2.75) is 33.6 Å². The summed E-state index contributed by atoms with van der Waals surface area (Å²) in [5.74, 6) is 0.863. The van der Waals surface area contributed by atoms with E-state index in [4.69, 9.17) is 13.6 Å². The number of allylic oxidation sites excluding steroid dienone is 3. The third-order valence-electron chi connectivity index (χ3n) is 3.68. The molecule has 2 aromatic carbocycles. The Morgan fingerprint density at radius 2 is 1.37 bits per heavy atom. The molecule has 0 amide bonds. The van der Waals surface area contributed by atoms with Gasteiger partial charge in [0.1, 0.15) is 11.5 Å². The molecule has 0 aromatic heterocycles. The summed E-state index contributed by atoms with van der Waals surface area (Å²) in [6.45, 7) is 6.35. The molecule has 0 bridgehead atoms. The topological polar surface area (TPSA) is 44.8 Å². The SMILES string of the molecule is CC(C)=CCCC(C)=CCOP(=O)(Oc1ccccc1)Oc1ccccc1. The number of phosphoric acid groups is 1. The van der Waals surface area contributed by atoms with Gasteiger partial charge in [0.25, 0.3) is 0 Å². The van der Waals surface area contributed by atoms with Gasteiger partial charge in [0.15, 0.2) is 0 Å². The molecule has 0 aliphatic heterocycles. The van der Waals surface area contributed by atoms with Gasteiger partial charge in [-0.1, -0.05) is 59.7 Å². The quantitative estimate of drug-likeness (QED) is 0.327. The maximum absolute atomic E-state index is 13.1. The molecule has 0 saturated heterocycles. The zero-order chi connectivity index (χ0) is 19.5. The highest BCUT2D eigenvalue weighted by atomic mass is 31.2. The minimum Gasteiger partial charge on any atom is -0.395 e. The fourth-order valence-electron chi connectivity index (χ4n) is 2.25. The van der Waals surface area contributed by atoms with Gasteiger partial charge in [-0.3, -0.25) is 4.52 Å². The molecule has 0 atom stereocenters. The molecule has 0 radical (unpaired) electrons. The van der Waals surface area contributed by atoms with Crippen molar-refractivity contribution in [2.75, 3.05) is 6.61 Å². The summed E-state index contributed by atoms with van der Waals surface area (Å²) in [6, 6.07) is 17.8. The van der Waals surface area contributed by atoms with Crippen molar-refractivity contribution in [1.82, 2.24) is 0 Å². The summed E-state index contributed by atoms with van der Waals surface area (Å²) < 4.78 is 29.8. The van der Waals surface area contributed by atoms with E-state index in [-0.39, 0.29) is 6.61 Å². The average molecular weight is 386 g/mol. The Balaban J connectivity index is 2.03. The molecule has 2 aromatic rings. The van der Waals surface area contributed by atoms with Crippen molar-refractivity contribution >= 4 is 7.82 Å². The van der Waals surface area contributed by atoms with Gasteiger partial charge in [0.05, 0.1) is 6.61 Å². The van der Waals surface area contributed by atoms with Crippen LogP contribution in [0.4, 0.5) is 0 Å². The zero-order valence-corrected chi connectivity index (χ0v) is 17.0. The number of rotatable bonds is 10. The van der Waals surface area contributed by atoms with Crippen LogP contribution in [0, 0.1) is 0 Å². The molecule has 144 valence electrons. The molecule has 2 rings (SSSR count). The maximum atomic E-state index is 13.1. The third-order valence-corrected chi connectivity index (χ3v) is 5.01. The summed E-state index contributed by atoms with van der Waals surface area (Å²) in [7, 11) is -3.82. The number of hydrogen-bond donors (Lipinski definition) is 0. The van der Waals surface area contributed by atoms with Gasteiger partial charge in [-0.2, -0.15) is 0 Å². The van der Waals surface area contributed by atoms with Crippen molar-refractivity contribution in [3.63, 3.8) is 0 Å². The summed E-state index contributed by atoms with van der Waals surface area (Å²) in [5, 5.41) is 0. The van der Waals surface area contributed by atoms with E-state index in [0.717, 1.165) is 12.8 Å². The lowest BCUT2D eigenvalue weighted by Gasteiger charge is -2.18. The predicted molar refractivity (Wildman–Crippen MR) is 110 cm³/mol. The number of benzene rings is 2. The Labute approximate surface area is 162 Å². The van der Waals surface area contributed by atoms with Crippen LogP contribution in [0.1, 0.15) is 33.6 Å². The van der Waals surface area contributed by atoms with E-state index in [1.165, 1.54) is 11.1 Å². The van der Waals surface area contributed by atoms with Gasteiger partial charge in [0.2, 0.25) is 0 Å². The minimum atomic E-state index is -3.82. The third kappa shape index (κ3) is 8.29. The second-order valence-corrected chi connectivity index (χ2v) is 7.94. The van der Waals surface area contributed by atoms with Crippen LogP contribution < -0.4 is 9.05 Å². The van der Waals surface area contributed by atoms with Crippen LogP contribution in [0.3, 0.4) is 0 Å². The normalized spacial score (nSPS) is 11.7. The standard InChI is InChI=1S/C22H27O4P/c1-19(2)11-10-12-20(3)17-18-24-27(23,25-21-13-6-4-7-14-21)26-22-15-8-5-9-16-22/h4-9,11,13-17H,10,12,18H2,1-3H3. The van der Waals surface area contributed by atoms with E-state index < -0.39 is 7.82 Å². The Morgan fingerprint density at radius 1 is 0.852 bits per heavy atom. The van der Waals surface area contributed by atoms with Crippen LogP contribution in [0.25, 0.3) is 0 Å². The number of para-hydroxylation sites is 2. The fourth-order valence-corrected chi connectivity index (χ4v) is 3.41. The van der Waals surface area contributed by atoms with Gasteiger partial charge in [0, 0.05) is 0 Å². The first-order chi connectivity index (χ1) is 13.0. The number of phosphoric ester groups is 1. The van der Waals surface area contributed by atoms with E-state index in [9.17, 15) is 4.57 Å². The van der Waals surface area contributed by atoms with Crippen molar-refractivity contribution < 1.29 is 18.1 Å². The lowest BCUT2D eigenvalue weighted by molar-refractivity contribution is 0.229. The molecular weight excluding hydrogens is 359 g/mol. The second kappa shape index (κ2) is 10.8. The highest BCUT2D eigenvalue weighted by Gasteiger charge is 2.30. The van der Waals surface area contributed by atoms with Crippen molar-refractivity contribution in [3.8, 4) is 11.5 Å². The molecule has 27 heavy (non-hydrogen) atoms. The van der Waals surface area contributed by atoms with Crippen LogP contribution in [0.15, 0.2) is 84.0 Å². The predicted octanol–water partition coefficient (Wildman–Crippen LogP) is 6.96. The molecule has 0 saturated carbocycles. The summed E-state index contributed by atoms with van der Waals surface area (Å²) in [4.78, 5) is 0. The van der Waals surface area contributed by atoms with E-state index in [2.05, 4.69) is 19.9 Å². The lowest BCUT2D eigenvalue weighted by atomic mass is 10.1. The molecule has 4 nitrogen and oxygen atoms in total. The maximum Gasteiger partial charge on any atom is 0.587 e. The lowest BCUT2D eigenvalue weighted by Crippen LogP contribution is -2.05. The first-order valence-corrected chi connectivity index (χ1v) is 10.5. The molecule has 5 heteroatoms. The van der Waals surface area contributed by atoms with E-state index in [1.54, 1.807) is 48.5 Å². The van der Waals surface area contributed by atoms with Crippen molar-refractivity contribution in [1.29, 1.82) is 0 Å². The first kappa shape index (κ1) is 21.0. The minimum absolute atomic E-state index is 0.150. The van der Waals surface area contributed by atoms with Crippen LogP contribution in [0.5, 0.6) is 11.5 Å². The molecule has 0 aliphatic carbocycles. The van der Waals surface area contributed by atoms with E-state index in [1.807, 2.05) is 25.1 Å². The fraction of sp³-hybridized carbons (Fsp3) is 0.273. The molecular formula is C22H27O4P. The highest BCUT2D eigenvalue weighted by molar-refractivity contribution is 7.49. The van der Waals surface area contributed by atoms with Crippen molar-refractivity contribution in [2.24, 2.45) is 0 Å². The Morgan fingerprint density at radius 3 is 1.85 bits per heavy atom. The largest absolute Gasteiger partial charge is 0.587 e. The Hall–Kier alpha value is -2.29. The van der Waals surface area contributed by atoms with Gasteiger partial charge >= 0.3 is 7.82 Å². The molecule has 0 unspecified atom stereocenters. The average Bonchev–Trinajstić information content (AvgIpc) is 2.63. The van der Waals surface area contributed by atoms with Crippen molar-refractivity contribution in [3.05, 3.63) is 84.0 Å². The van der Waals surface area contributed by atoms with Crippen LogP contribution in [-0.4, -0.2) is 6.61 Å².